The Hall–Kier alpha value is -1.56. The monoisotopic (exact) mass is 295 g/mol. The molecule has 108 valence electrons. The van der Waals surface area contributed by atoms with Gasteiger partial charge in [-0.3, -0.25) is 4.98 Å². The average Bonchev–Trinajstić information content (AvgIpc) is 2.47. The molecule has 20 heavy (non-hydrogen) atoms. The Labute approximate surface area is 118 Å². The summed E-state index contributed by atoms with van der Waals surface area (Å²) in [6.45, 7) is 0.834. The number of sulfonamides is 1. The third kappa shape index (κ3) is 3.96. The summed E-state index contributed by atoms with van der Waals surface area (Å²) in [6, 6.07) is 5.38. The van der Waals surface area contributed by atoms with Crippen LogP contribution in [0.1, 0.15) is 18.5 Å². The van der Waals surface area contributed by atoms with Crippen molar-refractivity contribution in [1.82, 2.24) is 9.29 Å². The zero-order valence-electron chi connectivity index (χ0n) is 11.1. The smallest absolute Gasteiger partial charge is 0.235 e. The number of aliphatic imine (C=N–C) groups is 1. The topological polar surface area (TPSA) is 79.7 Å². The van der Waals surface area contributed by atoms with Crippen molar-refractivity contribution in [3.63, 3.8) is 0 Å². The first kappa shape index (κ1) is 14.8. The van der Waals surface area contributed by atoms with Crippen molar-refractivity contribution >= 4 is 16.1 Å². The average molecular weight is 295 g/mol. The number of pyridine rings is 1. The maximum atomic E-state index is 12.2. The molecule has 0 amide bonds. The van der Waals surface area contributed by atoms with E-state index in [0.29, 0.717) is 32.4 Å². The van der Waals surface area contributed by atoms with Crippen LogP contribution in [0.3, 0.4) is 0 Å². The van der Waals surface area contributed by atoms with Crippen LogP contribution in [-0.4, -0.2) is 48.7 Å². The van der Waals surface area contributed by atoms with Crippen LogP contribution in [0.2, 0.25) is 0 Å². The van der Waals surface area contributed by atoms with Gasteiger partial charge in [0.05, 0.1) is 11.8 Å². The van der Waals surface area contributed by atoms with E-state index in [2.05, 4.69) is 9.98 Å². The van der Waals surface area contributed by atoms with Crippen molar-refractivity contribution in [3.05, 3.63) is 30.1 Å². The van der Waals surface area contributed by atoms with Gasteiger partial charge >= 0.3 is 0 Å². The van der Waals surface area contributed by atoms with Gasteiger partial charge in [-0.25, -0.2) is 22.5 Å². The molecule has 1 aromatic heterocycles. The predicted molar refractivity (Wildman–Crippen MR) is 74.4 cm³/mol. The third-order valence-electron chi connectivity index (χ3n) is 3.39. The molecule has 1 aromatic rings. The predicted octanol–water partition coefficient (Wildman–Crippen LogP) is 0.754. The molecule has 1 aliphatic rings. The first-order chi connectivity index (χ1) is 9.62. The van der Waals surface area contributed by atoms with Gasteiger partial charge in [0.25, 0.3) is 0 Å². The minimum Gasteiger partial charge on any atom is -0.261 e. The lowest BCUT2D eigenvalue weighted by molar-refractivity contribution is 0.320. The summed E-state index contributed by atoms with van der Waals surface area (Å²) < 4.78 is 25.9. The standard InChI is InChI=1S/C13H17N3O3S/c17-11-15-13-4-8-16(9-5-13)20(18,19)10-6-12-3-1-2-7-14-12/h1-3,7,13H,4-6,8-10H2. The molecular weight excluding hydrogens is 278 g/mol. The van der Waals surface area contributed by atoms with E-state index < -0.39 is 10.0 Å². The molecule has 0 unspecified atom stereocenters. The van der Waals surface area contributed by atoms with Gasteiger partial charge in [-0.15, -0.1) is 0 Å². The van der Waals surface area contributed by atoms with E-state index in [4.69, 9.17) is 0 Å². The highest BCUT2D eigenvalue weighted by molar-refractivity contribution is 7.89. The molecule has 0 spiro atoms. The largest absolute Gasteiger partial charge is 0.261 e. The van der Waals surface area contributed by atoms with Crippen molar-refractivity contribution in [2.24, 2.45) is 4.99 Å². The van der Waals surface area contributed by atoms with E-state index in [1.54, 1.807) is 12.3 Å². The van der Waals surface area contributed by atoms with Crippen molar-refractivity contribution in [1.29, 1.82) is 0 Å². The molecule has 0 bridgehead atoms. The lowest BCUT2D eigenvalue weighted by Crippen LogP contribution is -2.41. The minimum absolute atomic E-state index is 0.0611. The summed E-state index contributed by atoms with van der Waals surface area (Å²) in [5.41, 5.74) is 0.775. The lowest BCUT2D eigenvalue weighted by atomic mass is 10.1. The second-order valence-electron chi connectivity index (χ2n) is 4.74. The van der Waals surface area contributed by atoms with Crippen LogP contribution in [0.4, 0.5) is 0 Å². The SMILES string of the molecule is O=C=NC1CCN(S(=O)(=O)CCc2ccccn2)CC1. The van der Waals surface area contributed by atoms with E-state index >= 15 is 0 Å². The van der Waals surface area contributed by atoms with Crippen LogP contribution >= 0.6 is 0 Å². The Balaban J connectivity index is 1.90. The quantitative estimate of drug-likeness (QED) is 0.593. The maximum absolute atomic E-state index is 12.2. The van der Waals surface area contributed by atoms with E-state index in [0.717, 1.165) is 5.69 Å². The van der Waals surface area contributed by atoms with Gasteiger partial charge in [-0.05, 0) is 25.0 Å². The fourth-order valence-electron chi connectivity index (χ4n) is 2.23. The first-order valence-electron chi connectivity index (χ1n) is 6.56. The highest BCUT2D eigenvalue weighted by Crippen LogP contribution is 2.17. The lowest BCUT2D eigenvalue weighted by Gasteiger charge is -2.28. The Morgan fingerprint density at radius 1 is 1.35 bits per heavy atom. The Morgan fingerprint density at radius 3 is 2.70 bits per heavy atom. The molecular formula is C13H17N3O3S. The Kier molecular flexibility index (Phi) is 5.00. The summed E-state index contributed by atoms with van der Waals surface area (Å²) in [7, 11) is -3.27. The van der Waals surface area contributed by atoms with Gasteiger partial charge in [0.1, 0.15) is 0 Å². The molecule has 0 atom stereocenters. The second-order valence-corrected chi connectivity index (χ2v) is 6.83. The summed E-state index contributed by atoms with van der Waals surface area (Å²) >= 11 is 0. The summed E-state index contributed by atoms with van der Waals surface area (Å²) in [5.74, 6) is 0.0611. The van der Waals surface area contributed by atoms with Gasteiger partial charge in [-0.2, -0.15) is 0 Å². The molecule has 0 N–H and O–H groups in total. The van der Waals surface area contributed by atoms with E-state index in [1.165, 1.54) is 10.4 Å². The molecule has 0 aromatic carbocycles. The molecule has 0 aliphatic carbocycles. The van der Waals surface area contributed by atoms with Crippen LogP contribution in [0, 0.1) is 0 Å². The van der Waals surface area contributed by atoms with E-state index in [1.807, 2.05) is 12.1 Å². The van der Waals surface area contributed by atoms with Crippen LogP contribution in [-0.2, 0) is 21.2 Å². The number of hydrogen-bond acceptors (Lipinski definition) is 5. The first-order valence-corrected chi connectivity index (χ1v) is 8.17. The minimum atomic E-state index is -3.27. The van der Waals surface area contributed by atoms with Crippen molar-refractivity contribution in [2.45, 2.75) is 25.3 Å². The molecule has 2 rings (SSSR count). The maximum Gasteiger partial charge on any atom is 0.235 e. The number of rotatable bonds is 5. The molecule has 1 saturated heterocycles. The highest BCUT2D eigenvalue weighted by Gasteiger charge is 2.27. The summed E-state index contributed by atoms with van der Waals surface area (Å²) in [4.78, 5) is 18.0. The van der Waals surface area contributed by atoms with Crippen LogP contribution in [0.25, 0.3) is 0 Å². The van der Waals surface area contributed by atoms with E-state index in [9.17, 15) is 13.2 Å². The Morgan fingerprint density at radius 2 is 2.10 bits per heavy atom. The number of aryl methyl sites for hydroxylation is 1. The zero-order valence-corrected chi connectivity index (χ0v) is 11.9. The molecule has 0 saturated carbocycles. The van der Waals surface area contributed by atoms with Crippen LogP contribution < -0.4 is 0 Å². The molecule has 2 heterocycles. The van der Waals surface area contributed by atoms with Crippen molar-refractivity contribution in [2.75, 3.05) is 18.8 Å². The normalized spacial score (nSPS) is 17.6. The molecule has 6 nitrogen and oxygen atoms in total. The summed E-state index contributed by atoms with van der Waals surface area (Å²) in [6.07, 6.45) is 4.77. The number of carbonyl (C=O) groups excluding carboxylic acids is 1. The van der Waals surface area contributed by atoms with Crippen molar-refractivity contribution in [3.8, 4) is 0 Å². The zero-order chi connectivity index (χ0) is 14.4. The fraction of sp³-hybridized carbons (Fsp3) is 0.538. The Bertz CT molecular complexity index is 574. The van der Waals surface area contributed by atoms with Crippen LogP contribution in [0.15, 0.2) is 29.4 Å². The van der Waals surface area contributed by atoms with Gasteiger partial charge in [0.2, 0.25) is 16.1 Å². The third-order valence-corrected chi connectivity index (χ3v) is 5.27. The van der Waals surface area contributed by atoms with Gasteiger partial charge in [0.15, 0.2) is 0 Å². The number of hydrogen-bond donors (Lipinski definition) is 0. The van der Waals surface area contributed by atoms with Gasteiger partial charge in [0, 0.05) is 31.4 Å². The molecule has 7 heteroatoms. The number of nitrogens with zero attached hydrogens (tertiary/aromatic N) is 3. The highest BCUT2D eigenvalue weighted by atomic mass is 32.2. The second kappa shape index (κ2) is 6.74. The number of aromatic nitrogens is 1. The van der Waals surface area contributed by atoms with E-state index in [-0.39, 0.29) is 11.8 Å². The molecule has 1 aliphatic heterocycles. The number of piperidine rings is 1. The van der Waals surface area contributed by atoms with Gasteiger partial charge in [-0.1, -0.05) is 6.07 Å². The molecule has 0 radical (unpaired) electrons. The van der Waals surface area contributed by atoms with Crippen molar-refractivity contribution < 1.29 is 13.2 Å². The summed E-state index contributed by atoms with van der Waals surface area (Å²) in [5, 5.41) is 0. The number of isocyanates is 1. The van der Waals surface area contributed by atoms with Gasteiger partial charge < -0.3 is 0 Å². The fourth-order valence-corrected chi connectivity index (χ4v) is 3.73. The molecule has 1 fully saturated rings. The van der Waals surface area contributed by atoms with Crippen LogP contribution in [0.5, 0.6) is 0 Å².